The van der Waals surface area contributed by atoms with Crippen molar-refractivity contribution in [1.29, 1.82) is 0 Å². The third-order valence-corrected chi connectivity index (χ3v) is 16.8. The first-order valence-electron chi connectivity index (χ1n) is 38.4. The van der Waals surface area contributed by atoms with Gasteiger partial charge in [0.25, 0.3) is 0 Å². The predicted octanol–water partition coefficient (Wildman–Crippen LogP) is 23.0. The first-order chi connectivity index (χ1) is 44.6. The van der Waals surface area contributed by atoms with Crippen LogP contribution in [0.1, 0.15) is 348 Å². The number of carboxylic acids is 1. The molecular weight excluding hydrogens is 1130 g/mol. The van der Waals surface area contributed by atoms with Crippen LogP contribution in [0.3, 0.4) is 0 Å². The second kappa shape index (κ2) is 72.0. The van der Waals surface area contributed by atoms with Crippen LogP contribution >= 0.6 is 0 Å². The van der Waals surface area contributed by atoms with Crippen LogP contribution in [-0.4, -0.2) is 82.3 Å². The Kier molecular flexibility index (Phi) is 69.0. The van der Waals surface area contributed by atoms with E-state index in [9.17, 15) is 19.5 Å². The van der Waals surface area contributed by atoms with E-state index in [1.165, 1.54) is 238 Å². The standard InChI is InChI=1S/C82H145NO8/c1-6-8-10-12-14-16-18-20-22-24-26-28-30-32-34-36-38-40-42-44-46-48-50-52-54-56-58-60-62-64-66-68-70-72-79(84)89-76-78(77-90-82(81(86)87)88-75-74-83(3,4)5)91-80(85)73-71-69-67-65-63-61-59-57-55-53-51-49-47-45-43-41-39-37-35-33-31-29-27-25-23-21-19-17-15-13-11-9-7-2/h9,11,15,17-18,20-21,23-24,26-27,29-30,32-33,35,78,82H,6-8,10,12-14,16,19,22,25,28,31,34,36-77H2,1-5H3/b11-9-,17-15-,20-18-,23-21-,26-24-,29-27-,32-30-,35-33-. The highest BCUT2D eigenvalue weighted by molar-refractivity contribution is 5.70. The molecule has 0 aliphatic rings. The van der Waals surface area contributed by atoms with Crippen LogP contribution in [0.5, 0.6) is 0 Å². The van der Waals surface area contributed by atoms with Crippen LogP contribution in [0.2, 0.25) is 0 Å². The van der Waals surface area contributed by atoms with Crippen LogP contribution in [-0.2, 0) is 33.3 Å². The molecule has 0 heterocycles. The number of allylic oxidation sites excluding steroid dienone is 16. The van der Waals surface area contributed by atoms with E-state index in [2.05, 4.69) is 111 Å². The highest BCUT2D eigenvalue weighted by Gasteiger charge is 2.22. The minimum absolute atomic E-state index is 0.147. The minimum Gasteiger partial charge on any atom is -0.545 e. The maximum Gasteiger partial charge on any atom is 0.306 e. The van der Waals surface area contributed by atoms with Crippen molar-refractivity contribution in [2.75, 3.05) is 47.5 Å². The lowest BCUT2D eigenvalue weighted by atomic mass is 10.0. The van der Waals surface area contributed by atoms with Crippen molar-refractivity contribution in [1.82, 2.24) is 0 Å². The number of aliphatic carboxylic acids is 1. The molecule has 0 aliphatic carbocycles. The zero-order valence-corrected chi connectivity index (χ0v) is 60.2. The largest absolute Gasteiger partial charge is 0.545 e. The number of rotatable bonds is 71. The molecule has 9 nitrogen and oxygen atoms in total. The van der Waals surface area contributed by atoms with Gasteiger partial charge in [-0.2, -0.15) is 0 Å². The summed E-state index contributed by atoms with van der Waals surface area (Å²) in [5, 5.41) is 11.9. The van der Waals surface area contributed by atoms with Crippen molar-refractivity contribution in [2.24, 2.45) is 0 Å². The fourth-order valence-corrected chi connectivity index (χ4v) is 11.0. The molecule has 0 saturated heterocycles. The highest BCUT2D eigenvalue weighted by atomic mass is 16.7. The third kappa shape index (κ3) is 73.5. The molecule has 0 aromatic carbocycles. The van der Waals surface area contributed by atoms with E-state index >= 15 is 0 Å². The van der Waals surface area contributed by atoms with Gasteiger partial charge in [-0.05, 0) is 96.3 Å². The first kappa shape index (κ1) is 87.2. The van der Waals surface area contributed by atoms with Crippen molar-refractivity contribution < 1.29 is 42.9 Å². The van der Waals surface area contributed by atoms with E-state index in [0.717, 1.165) is 77.0 Å². The Balaban J connectivity index is 4.04. The number of carbonyl (C=O) groups excluding carboxylic acids is 3. The predicted molar refractivity (Wildman–Crippen MR) is 389 cm³/mol. The number of likely N-dealkylation sites (N-methyl/N-ethyl adjacent to an activating group) is 1. The molecule has 0 fully saturated rings. The third-order valence-electron chi connectivity index (χ3n) is 16.8. The summed E-state index contributed by atoms with van der Waals surface area (Å²) in [4.78, 5) is 37.6. The number of hydrogen-bond acceptors (Lipinski definition) is 8. The number of carbonyl (C=O) groups is 3. The van der Waals surface area contributed by atoms with Crippen molar-refractivity contribution in [3.63, 3.8) is 0 Å². The summed E-state index contributed by atoms with van der Waals surface area (Å²) in [5.74, 6) is -2.27. The number of quaternary nitrogens is 1. The van der Waals surface area contributed by atoms with Gasteiger partial charge in [-0.3, -0.25) is 9.59 Å². The molecule has 0 saturated carbocycles. The van der Waals surface area contributed by atoms with E-state index in [-0.39, 0.29) is 32.2 Å². The van der Waals surface area contributed by atoms with Gasteiger partial charge in [0.05, 0.1) is 40.3 Å². The van der Waals surface area contributed by atoms with Crippen LogP contribution in [0, 0.1) is 0 Å². The Hall–Kier alpha value is -3.79. The average Bonchev–Trinajstić information content (AvgIpc) is 3.46. The van der Waals surface area contributed by atoms with Gasteiger partial charge >= 0.3 is 11.9 Å². The van der Waals surface area contributed by atoms with Gasteiger partial charge < -0.3 is 33.3 Å². The Bertz CT molecular complexity index is 1820. The molecule has 0 N–H and O–H groups in total. The maximum absolute atomic E-state index is 13.0. The monoisotopic (exact) mass is 1270 g/mol. The fourth-order valence-electron chi connectivity index (χ4n) is 11.0. The topological polar surface area (TPSA) is 111 Å². The molecule has 0 spiro atoms. The molecule has 0 rings (SSSR count). The normalized spacial score (nSPS) is 13.2. The summed E-state index contributed by atoms with van der Waals surface area (Å²) in [5.41, 5.74) is 0. The Morgan fingerprint density at radius 1 is 0.341 bits per heavy atom. The molecule has 0 radical (unpaired) electrons. The van der Waals surface area contributed by atoms with Crippen molar-refractivity contribution >= 4 is 17.9 Å². The molecule has 0 aromatic rings. The van der Waals surface area contributed by atoms with Crippen molar-refractivity contribution in [3.8, 4) is 0 Å². The van der Waals surface area contributed by atoms with Crippen LogP contribution < -0.4 is 5.11 Å². The number of nitrogens with zero attached hydrogens (tertiary/aromatic N) is 1. The van der Waals surface area contributed by atoms with Gasteiger partial charge in [0.15, 0.2) is 12.4 Å². The van der Waals surface area contributed by atoms with E-state index in [1.54, 1.807) is 0 Å². The molecule has 9 heteroatoms. The van der Waals surface area contributed by atoms with Crippen LogP contribution in [0.15, 0.2) is 97.2 Å². The SMILES string of the molecule is CC/C=C\C/C=C\C/C=C\C/C=C\C/C=C\CCCCCCCCCCCCCCCCCCCC(=O)OC(COC(=O)CCCCCCCCCCCCCCCCCCCC/C=C\C/C=C\C/C=C\CCCCCCC)COC(OCC[N+](C)(C)C)C(=O)[O-]. The highest BCUT2D eigenvalue weighted by Crippen LogP contribution is 2.18. The Morgan fingerprint density at radius 2 is 0.626 bits per heavy atom. The van der Waals surface area contributed by atoms with Gasteiger partial charge in [-0.25, -0.2) is 0 Å². The quantitative estimate of drug-likeness (QED) is 0.0195. The number of ether oxygens (including phenoxy) is 4. The van der Waals surface area contributed by atoms with E-state index in [1.807, 2.05) is 21.1 Å². The zero-order valence-electron chi connectivity index (χ0n) is 60.2. The molecule has 0 aromatic heterocycles. The second-order valence-electron chi connectivity index (χ2n) is 26.9. The van der Waals surface area contributed by atoms with Gasteiger partial charge in [0, 0.05) is 12.8 Å². The molecule has 0 aliphatic heterocycles. The molecule has 0 amide bonds. The summed E-state index contributed by atoms with van der Waals surface area (Å²) >= 11 is 0. The summed E-state index contributed by atoms with van der Waals surface area (Å²) < 4.78 is 22.9. The first-order valence-corrected chi connectivity index (χ1v) is 38.4. The average molecular weight is 1270 g/mol. The molecule has 0 bridgehead atoms. The zero-order chi connectivity index (χ0) is 66.1. The molecular formula is C82H145NO8. The summed E-state index contributed by atoms with van der Waals surface area (Å²) in [6, 6.07) is 0. The number of unbranched alkanes of at least 4 members (excludes halogenated alkanes) is 40. The van der Waals surface area contributed by atoms with E-state index in [4.69, 9.17) is 18.9 Å². The van der Waals surface area contributed by atoms with Crippen molar-refractivity contribution in [3.05, 3.63) is 97.2 Å². The Labute approximate surface area is 562 Å². The Morgan fingerprint density at radius 3 is 0.934 bits per heavy atom. The number of hydrogen-bond donors (Lipinski definition) is 0. The molecule has 526 valence electrons. The smallest absolute Gasteiger partial charge is 0.306 e. The molecule has 2 unspecified atom stereocenters. The molecule has 2 atom stereocenters. The lowest BCUT2D eigenvalue weighted by Gasteiger charge is -2.26. The van der Waals surface area contributed by atoms with Crippen LogP contribution in [0.4, 0.5) is 0 Å². The van der Waals surface area contributed by atoms with E-state index < -0.39 is 24.3 Å². The van der Waals surface area contributed by atoms with Crippen LogP contribution in [0.25, 0.3) is 0 Å². The minimum atomic E-state index is -1.62. The maximum atomic E-state index is 13.0. The van der Waals surface area contributed by atoms with E-state index in [0.29, 0.717) is 23.9 Å². The summed E-state index contributed by atoms with van der Waals surface area (Å²) in [7, 11) is 5.94. The summed E-state index contributed by atoms with van der Waals surface area (Å²) in [6.07, 6.45) is 96.5. The van der Waals surface area contributed by atoms with Gasteiger partial charge in [0.1, 0.15) is 13.2 Å². The molecule has 91 heavy (non-hydrogen) atoms. The number of carboxylic acid groups (broad SMARTS) is 1. The second-order valence-corrected chi connectivity index (χ2v) is 26.9. The van der Waals surface area contributed by atoms with Gasteiger partial charge in [-0.1, -0.05) is 336 Å². The van der Waals surface area contributed by atoms with Gasteiger partial charge in [-0.15, -0.1) is 0 Å². The summed E-state index contributed by atoms with van der Waals surface area (Å²) in [6.45, 7) is 4.67. The van der Waals surface area contributed by atoms with Crippen molar-refractivity contribution in [2.45, 2.75) is 360 Å². The number of esters is 2. The lowest BCUT2D eigenvalue weighted by Crippen LogP contribution is -2.44. The fraction of sp³-hybridized carbons (Fsp3) is 0.768. The van der Waals surface area contributed by atoms with Gasteiger partial charge in [0.2, 0.25) is 0 Å². The lowest BCUT2D eigenvalue weighted by molar-refractivity contribution is -0.870.